The van der Waals surface area contributed by atoms with Crippen LogP contribution in [0.3, 0.4) is 0 Å². The third-order valence-corrected chi connectivity index (χ3v) is 2.30. The summed E-state index contributed by atoms with van der Waals surface area (Å²) in [5.41, 5.74) is 1.43. The molecule has 1 heterocycles. The Morgan fingerprint density at radius 1 is 1.07 bits per heavy atom. The Morgan fingerprint density at radius 2 is 1.73 bits per heavy atom. The number of rotatable bonds is 2. The van der Waals surface area contributed by atoms with Crippen molar-refractivity contribution in [2.24, 2.45) is 0 Å². The summed E-state index contributed by atoms with van der Waals surface area (Å²) in [5, 5.41) is 0.877. The minimum atomic E-state index is -0.376. The first-order valence-corrected chi connectivity index (χ1v) is 4.58. The van der Waals surface area contributed by atoms with E-state index in [4.69, 9.17) is 4.42 Å². The van der Waals surface area contributed by atoms with Gasteiger partial charge < -0.3 is 4.42 Å². The van der Waals surface area contributed by atoms with E-state index >= 15 is 0 Å². The molecule has 2 rings (SSSR count). The van der Waals surface area contributed by atoms with E-state index in [9.17, 15) is 4.79 Å². The zero-order chi connectivity index (χ0) is 10.8. The highest BCUT2D eigenvalue weighted by Gasteiger charge is 2.08. The van der Waals surface area contributed by atoms with Crippen molar-refractivity contribution in [1.29, 1.82) is 0 Å². The third-order valence-electron chi connectivity index (χ3n) is 2.30. The van der Waals surface area contributed by atoms with E-state index in [-0.39, 0.29) is 5.63 Å². The van der Waals surface area contributed by atoms with E-state index in [2.05, 4.69) is 13.2 Å². The van der Waals surface area contributed by atoms with Crippen molar-refractivity contribution in [3.8, 4) is 0 Å². The van der Waals surface area contributed by atoms with Crippen LogP contribution >= 0.6 is 0 Å². The second-order valence-corrected chi connectivity index (χ2v) is 3.12. The summed E-state index contributed by atoms with van der Waals surface area (Å²) in [6, 6.07) is 7.37. The topological polar surface area (TPSA) is 30.2 Å². The van der Waals surface area contributed by atoms with Crippen molar-refractivity contribution >= 4 is 23.1 Å². The van der Waals surface area contributed by atoms with Gasteiger partial charge in [0.15, 0.2) is 0 Å². The zero-order valence-electron chi connectivity index (χ0n) is 8.19. The normalized spacial score (nSPS) is 10.1. The lowest BCUT2D eigenvalue weighted by molar-refractivity contribution is 0.559. The van der Waals surface area contributed by atoms with Crippen molar-refractivity contribution in [3.63, 3.8) is 0 Å². The molecule has 0 amide bonds. The van der Waals surface area contributed by atoms with Gasteiger partial charge in [-0.2, -0.15) is 0 Å². The molecule has 0 unspecified atom stereocenters. The predicted molar refractivity (Wildman–Crippen MR) is 62.7 cm³/mol. The van der Waals surface area contributed by atoms with Gasteiger partial charge in [0.2, 0.25) is 0 Å². The first-order valence-electron chi connectivity index (χ1n) is 4.58. The van der Waals surface area contributed by atoms with Gasteiger partial charge in [0.05, 0.1) is 5.56 Å². The molecule has 0 N–H and O–H groups in total. The predicted octanol–water partition coefficient (Wildman–Crippen LogP) is 3.08. The second kappa shape index (κ2) is 3.58. The fourth-order valence-electron chi connectivity index (χ4n) is 1.60. The van der Waals surface area contributed by atoms with Crippen LogP contribution in [0.15, 0.2) is 46.6 Å². The summed E-state index contributed by atoms with van der Waals surface area (Å²) in [5.74, 6) is 0. The number of hydrogen-bond donors (Lipinski definition) is 0. The summed E-state index contributed by atoms with van der Waals surface area (Å²) in [6.45, 7) is 7.30. The van der Waals surface area contributed by atoms with E-state index in [0.29, 0.717) is 11.1 Å². The largest absolute Gasteiger partial charge is 0.422 e. The number of hydrogen-bond acceptors (Lipinski definition) is 2. The summed E-state index contributed by atoms with van der Waals surface area (Å²) in [7, 11) is 0. The lowest BCUT2D eigenvalue weighted by Crippen LogP contribution is -2.05. The summed E-state index contributed by atoms with van der Waals surface area (Å²) in [4.78, 5) is 11.6. The van der Waals surface area contributed by atoms with E-state index < -0.39 is 0 Å². The molecule has 0 fully saturated rings. The van der Waals surface area contributed by atoms with E-state index in [1.807, 2.05) is 18.2 Å². The lowest BCUT2D eigenvalue weighted by Gasteiger charge is -2.03. The highest BCUT2D eigenvalue weighted by Crippen LogP contribution is 2.21. The van der Waals surface area contributed by atoms with E-state index in [0.717, 1.165) is 10.9 Å². The average molecular weight is 198 g/mol. The van der Waals surface area contributed by atoms with Crippen LogP contribution in [0.2, 0.25) is 0 Å². The molecule has 0 aliphatic rings. The van der Waals surface area contributed by atoms with Crippen LogP contribution in [-0.4, -0.2) is 0 Å². The molecule has 0 spiro atoms. The van der Waals surface area contributed by atoms with Crippen molar-refractivity contribution in [2.45, 2.75) is 0 Å². The Labute approximate surface area is 87.2 Å². The smallest absolute Gasteiger partial charge is 0.344 e. The molecule has 2 nitrogen and oxygen atoms in total. The fraction of sp³-hybridized carbons (Fsp3) is 0. The molecule has 0 bridgehead atoms. The summed E-state index contributed by atoms with van der Waals surface area (Å²) in [6.07, 6.45) is 3.14. The van der Waals surface area contributed by atoms with Gasteiger partial charge >= 0.3 is 5.63 Å². The molecule has 15 heavy (non-hydrogen) atoms. The van der Waals surface area contributed by atoms with Gasteiger partial charge in [-0.3, -0.25) is 0 Å². The standard InChI is InChI=1S/C13H10O2/c1-3-9-10(4-2)13(14)15-12-8-6-5-7-11(9)12/h3-8H,1-2H2. The van der Waals surface area contributed by atoms with Crippen molar-refractivity contribution in [1.82, 2.24) is 0 Å². The number of fused-ring (bicyclic) bond motifs is 1. The molecule has 0 saturated carbocycles. The lowest BCUT2D eigenvalue weighted by atomic mass is 10.0. The molecule has 1 aromatic carbocycles. The maximum absolute atomic E-state index is 11.6. The summed E-state index contributed by atoms with van der Waals surface area (Å²) < 4.78 is 5.15. The zero-order valence-corrected chi connectivity index (χ0v) is 8.19. The maximum Gasteiger partial charge on any atom is 0.344 e. The van der Waals surface area contributed by atoms with Crippen molar-refractivity contribution in [2.75, 3.05) is 0 Å². The Morgan fingerprint density at radius 3 is 2.40 bits per heavy atom. The molecule has 74 valence electrons. The molecule has 0 saturated heterocycles. The first-order chi connectivity index (χ1) is 7.27. The third kappa shape index (κ3) is 1.40. The molecular weight excluding hydrogens is 188 g/mol. The maximum atomic E-state index is 11.6. The Bertz CT molecular complexity index is 591. The summed E-state index contributed by atoms with van der Waals surface area (Å²) >= 11 is 0. The quantitative estimate of drug-likeness (QED) is 0.694. The van der Waals surface area contributed by atoms with Crippen molar-refractivity contribution < 1.29 is 4.42 Å². The van der Waals surface area contributed by atoms with E-state index in [1.54, 1.807) is 12.1 Å². The van der Waals surface area contributed by atoms with Gasteiger partial charge in [-0.25, -0.2) is 4.79 Å². The molecular formula is C13H10O2. The van der Waals surface area contributed by atoms with E-state index in [1.165, 1.54) is 6.08 Å². The Kier molecular flexibility index (Phi) is 2.26. The van der Waals surface area contributed by atoms with Crippen LogP contribution in [0.1, 0.15) is 11.1 Å². The Balaban J connectivity index is 3.04. The molecule has 0 radical (unpaired) electrons. The van der Waals surface area contributed by atoms with Gasteiger partial charge in [0.1, 0.15) is 5.58 Å². The van der Waals surface area contributed by atoms with Crippen LogP contribution in [0.4, 0.5) is 0 Å². The van der Waals surface area contributed by atoms with Crippen LogP contribution in [0.5, 0.6) is 0 Å². The van der Waals surface area contributed by atoms with Gasteiger partial charge in [0, 0.05) is 5.39 Å². The number of para-hydroxylation sites is 1. The number of benzene rings is 1. The highest BCUT2D eigenvalue weighted by atomic mass is 16.4. The molecule has 2 aromatic rings. The van der Waals surface area contributed by atoms with Crippen LogP contribution in [0, 0.1) is 0 Å². The monoisotopic (exact) mass is 198 g/mol. The van der Waals surface area contributed by atoms with Crippen LogP contribution in [-0.2, 0) is 0 Å². The molecule has 0 atom stereocenters. The molecule has 0 aliphatic heterocycles. The Hall–Kier alpha value is -2.09. The minimum Gasteiger partial charge on any atom is -0.422 e. The van der Waals surface area contributed by atoms with Gasteiger partial charge in [-0.05, 0) is 11.6 Å². The highest BCUT2D eigenvalue weighted by molar-refractivity contribution is 5.89. The first kappa shape index (κ1) is 9.46. The second-order valence-electron chi connectivity index (χ2n) is 3.12. The minimum absolute atomic E-state index is 0.376. The SMILES string of the molecule is C=Cc1c(C=C)c2ccccc2oc1=O. The molecule has 2 heteroatoms. The van der Waals surface area contributed by atoms with Crippen molar-refractivity contribution in [3.05, 3.63) is 59.0 Å². The fourth-order valence-corrected chi connectivity index (χ4v) is 1.60. The average Bonchev–Trinajstić information content (AvgIpc) is 2.27. The van der Waals surface area contributed by atoms with Crippen LogP contribution in [0.25, 0.3) is 23.1 Å². The van der Waals surface area contributed by atoms with Gasteiger partial charge in [0.25, 0.3) is 0 Å². The molecule has 1 aromatic heterocycles. The van der Waals surface area contributed by atoms with Gasteiger partial charge in [-0.1, -0.05) is 43.5 Å². The molecule has 0 aliphatic carbocycles. The van der Waals surface area contributed by atoms with Crippen LogP contribution < -0.4 is 5.63 Å². The van der Waals surface area contributed by atoms with Gasteiger partial charge in [-0.15, -0.1) is 0 Å².